The third kappa shape index (κ3) is 3.11. The average Bonchev–Trinajstić information content (AvgIpc) is 2.98. The molecule has 2 aromatic carbocycles. The van der Waals surface area contributed by atoms with E-state index in [4.69, 9.17) is 0 Å². The summed E-state index contributed by atoms with van der Waals surface area (Å²) in [6.07, 6.45) is 0.973. The summed E-state index contributed by atoms with van der Waals surface area (Å²) in [5.41, 5.74) is 3.78. The standard InChI is InChI=1S/C19H20N2O2/c1-13(21-12-11-16-5-3-4-6-18(16)21)19(23)20-17-9-7-15(8-10-17)14(2)22/h3-10,13H,11-12H2,1-2H3,(H,20,23)/t13-/m1/s1. The van der Waals surface area contributed by atoms with Crippen molar-refractivity contribution in [2.75, 3.05) is 16.8 Å². The Kier molecular flexibility index (Phi) is 4.15. The van der Waals surface area contributed by atoms with E-state index < -0.39 is 0 Å². The van der Waals surface area contributed by atoms with Crippen molar-refractivity contribution >= 4 is 23.1 Å². The van der Waals surface area contributed by atoms with E-state index in [0.29, 0.717) is 11.3 Å². The summed E-state index contributed by atoms with van der Waals surface area (Å²) in [5.74, 6) is -0.0257. The van der Waals surface area contributed by atoms with Gasteiger partial charge in [-0.05, 0) is 56.2 Å². The summed E-state index contributed by atoms with van der Waals surface area (Å²) in [7, 11) is 0. The van der Waals surface area contributed by atoms with Gasteiger partial charge in [0.2, 0.25) is 5.91 Å². The lowest BCUT2D eigenvalue weighted by Crippen LogP contribution is -2.41. The molecule has 4 heteroatoms. The number of carbonyl (C=O) groups is 2. The van der Waals surface area contributed by atoms with Gasteiger partial charge in [-0.25, -0.2) is 0 Å². The Morgan fingerprint density at radius 3 is 2.48 bits per heavy atom. The van der Waals surface area contributed by atoms with Crippen LogP contribution in [0.25, 0.3) is 0 Å². The Hall–Kier alpha value is -2.62. The molecule has 0 saturated heterocycles. The highest BCUT2D eigenvalue weighted by Gasteiger charge is 2.27. The first-order chi connectivity index (χ1) is 11.1. The van der Waals surface area contributed by atoms with Crippen LogP contribution >= 0.6 is 0 Å². The predicted molar refractivity (Wildman–Crippen MR) is 92.0 cm³/mol. The fourth-order valence-corrected chi connectivity index (χ4v) is 2.94. The molecular weight excluding hydrogens is 288 g/mol. The zero-order chi connectivity index (χ0) is 16.4. The SMILES string of the molecule is CC(=O)c1ccc(NC(=O)[C@@H](C)N2CCc3ccccc32)cc1. The molecule has 0 radical (unpaired) electrons. The number of amides is 1. The molecule has 1 aliphatic heterocycles. The van der Waals surface area contributed by atoms with Gasteiger partial charge in [0.1, 0.15) is 6.04 Å². The van der Waals surface area contributed by atoms with Crippen LogP contribution in [0.2, 0.25) is 0 Å². The lowest BCUT2D eigenvalue weighted by atomic mass is 10.1. The van der Waals surface area contributed by atoms with Crippen LogP contribution in [0.1, 0.15) is 29.8 Å². The third-order valence-electron chi connectivity index (χ3n) is 4.33. The van der Waals surface area contributed by atoms with Gasteiger partial charge in [-0.3, -0.25) is 9.59 Å². The molecule has 0 fully saturated rings. The van der Waals surface area contributed by atoms with Gasteiger partial charge in [-0.1, -0.05) is 18.2 Å². The van der Waals surface area contributed by atoms with Gasteiger partial charge in [0.15, 0.2) is 5.78 Å². The number of para-hydroxylation sites is 1. The third-order valence-corrected chi connectivity index (χ3v) is 4.33. The van der Waals surface area contributed by atoms with E-state index in [9.17, 15) is 9.59 Å². The molecule has 1 N–H and O–H groups in total. The topological polar surface area (TPSA) is 49.4 Å². The maximum atomic E-state index is 12.5. The Balaban J connectivity index is 1.70. The van der Waals surface area contributed by atoms with Crippen molar-refractivity contribution < 1.29 is 9.59 Å². The second kappa shape index (κ2) is 6.24. The summed E-state index contributed by atoms with van der Waals surface area (Å²) in [4.78, 5) is 25.9. The Morgan fingerprint density at radius 1 is 1.09 bits per heavy atom. The number of Topliss-reactive ketones (excluding diaryl/α,β-unsaturated/α-hetero) is 1. The quantitative estimate of drug-likeness (QED) is 0.882. The molecule has 118 valence electrons. The highest BCUT2D eigenvalue weighted by Crippen LogP contribution is 2.29. The molecule has 4 nitrogen and oxygen atoms in total. The lowest BCUT2D eigenvalue weighted by molar-refractivity contribution is -0.117. The minimum atomic E-state index is -0.244. The largest absolute Gasteiger partial charge is 0.359 e. The fraction of sp³-hybridized carbons (Fsp3) is 0.263. The van der Waals surface area contributed by atoms with Crippen molar-refractivity contribution in [2.45, 2.75) is 26.3 Å². The summed E-state index contributed by atoms with van der Waals surface area (Å²) in [5, 5.41) is 2.92. The lowest BCUT2D eigenvalue weighted by Gasteiger charge is -2.26. The Morgan fingerprint density at radius 2 is 1.78 bits per heavy atom. The van der Waals surface area contributed by atoms with Crippen LogP contribution in [0, 0.1) is 0 Å². The highest BCUT2D eigenvalue weighted by molar-refractivity contribution is 5.98. The molecule has 0 aromatic heterocycles. The van der Waals surface area contributed by atoms with E-state index in [0.717, 1.165) is 18.7 Å². The van der Waals surface area contributed by atoms with E-state index in [2.05, 4.69) is 22.3 Å². The number of benzene rings is 2. The van der Waals surface area contributed by atoms with Gasteiger partial charge < -0.3 is 10.2 Å². The van der Waals surface area contributed by atoms with Crippen LogP contribution in [0.15, 0.2) is 48.5 Å². The van der Waals surface area contributed by atoms with Crippen LogP contribution in [-0.2, 0) is 11.2 Å². The number of ketones is 1. The zero-order valence-corrected chi connectivity index (χ0v) is 13.4. The molecule has 0 spiro atoms. The van der Waals surface area contributed by atoms with Crippen LogP contribution in [0.5, 0.6) is 0 Å². The van der Waals surface area contributed by atoms with Gasteiger partial charge in [-0.15, -0.1) is 0 Å². The maximum Gasteiger partial charge on any atom is 0.246 e. The van der Waals surface area contributed by atoms with Gasteiger partial charge >= 0.3 is 0 Å². The minimum absolute atomic E-state index is 0.0184. The summed E-state index contributed by atoms with van der Waals surface area (Å²) in [6.45, 7) is 4.30. The highest BCUT2D eigenvalue weighted by atomic mass is 16.2. The number of hydrogen-bond donors (Lipinski definition) is 1. The second-order valence-electron chi connectivity index (χ2n) is 5.87. The van der Waals surface area contributed by atoms with Crippen LogP contribution in [0.3, 0.4) is 0 Å². The van der Waals surface area contributed by atoms with Crippen LogP contribution in [-0.4, -0.2) is 24.3 Å². The van der Waals surface area contributed by atoms with Crippen LogP contribution in [0.4, 0.5) is 11.4 Å². The minimum Gasteiger partial charge on any atom is -0.359 e. The van der Waals surface area contributed by atoms with E-state index in [1.165, 1.54) is 12.5 Å². The molecule has 23 heavy (non-hydrogen) atoms. The molecule has 0 bridgehead atoms. The first-order valence-electron chi connectivity index (χ1n) is 7.82. The van der Waals surface area contributed by atoms with Crippen molar-refractivity contribution in [3.8, 4) is 0 Å². The number of fused-ring (bicyclic) bond motifs is 1. The number of carbonyl (C=O) groups excluding carboxylic acids is 2. The number of nitrogens with zero attached hydrogens (tertiary/aromatic N) is 1. The van der Waals surface area contributed by atoms with Crippen molar-refractivity contribution in [3.05, 3.63) is 59.7 Å². The number of rotatable bonds is 4. The maximum absolute atomic E-state index is 12.5. The summed E-state index contributed by atoms with van der Waals surface area (Å²) < 4.78 is 0. The van der Waals surface area contributed by atoms with E-state index in [-0.39, 0.29) is 17.7 Å². The molecule has 1 heterocycles. The summed E-state index contributed by atoms with van der Waals surface area (Å²) >= 11 is 0. The number of hydrogen-bond acceptors (Lipinski definition) is 3. The molecule has 1 atom stereocenters. The first-order valence-corrected chi connectivity index (χ1v) is 7.82. The molecule has 1 amide bonds. The molecule has 0 unspecified atom stereocenters. The van der Waals surface area contributed by atoms with Gasteiger partial charge in [-0.2, -0.15) is 0 Å². The second-order valence-corrected chi connectivity index (χ2v) is 5.87. The van der Waals surface area contributed by atoms with Crippen molar-refractivity contribution in [1.29, 1.82) is 0 Å². The van der Waals surface area contributed by atoms with E-state index in [1.807, 2.05) is 19.1 Å². The zero-order valence-electron chi connectivity index (χ0n) is 13.4. The Labute approximate surface area is 136 Å². The fourth-order valence-electron chi connectivity index (χ4n) is 2.94. The van der Waals surface area contributed by atoms with Gasteiger partial charge in [0.25, 0.3) is 0 Å². The first kappa shape index (κ1) is 15.3. The van der Waals surface area contributed by atoms with Crippen molar-refractivity contribution in [1.82, 2.24) is 0 Å². The smallest absolute Gasteiger partial charge is 0.246 e. The molecule has 0 aliphatic carbocycles. The monoisotopic (exact) mass is 308 g/mol. The van der Waals surface area contributed by atoms with Crippen molar-refractivity contribution in [3.63, 3.8) is 0 Å². The van der Waals surface area contributed by atoms with Crippen LogP contribution < -0.4 is 10.2 Å². The van der Waals surface area contributed by atoms with E-state index in [1.54, 1.807) is 24.3 Å². The molecule has 0 saturated carbocycles. The molecule has 2 aromatic rings. The summed E-state index contributed by atoms with van der Waals surface area (Å²) in [6, 6.07) is 15.0. The molecular formula is C19H20N2O2. The van der Waals surface area contributed by atoms with E-state index >= 15 is 0 Å². The molecule has 3 rings (SSSR count). The van der Waals surface area contributed by atoms with Crippen molar-refractivity contribution in [2.24, 2.45) is 0 Å². The normalized spacial score (nSPS) is 14.3. The Bertz CT molecular complexity index is 737. The predicted octanol–water partition coefficient (Wildman–Crippen LogP) is 3.28. The number of anilines is 2. The number of nitrogens with one attached hydrogen (secondary N) is 1. The van der Waals surface area contributed by atoms with Gasteiger partial charge in [0, 0.05) is 23.5 Å². The van der Waals surface area contributed by atoms with Gasteiger partial charge in [0.05, 0.1) is 0 Å². The average molecular weight is 308 g/mol. The molecule has 1 aliphatic rings.